The summed E-state index contributed by atoms with van der Waals surface area (Å²) in [6.07, 6.45) is 3.34. The first-order chi connectivity index (χ1) is 11.4. The zero-order chi connectivity index (χ0) is 17.3. The normalized spacial score (nSPS) is 24.5. The Balaban J connectivity index is 1.71. The highest BCUT2D eigenvalue weighted by molar-refractivity contribution is 7.89. The van der Waals surface area contributed by atoms with E-state index in [4.69, 9.17) is 9.88 Å². The highest BCUT2D eigenvalue weighted by Crippen LogP contribution is 2.29. The van der Waals surface area contributed by atoms with Gasteiger partial charge in [-0.3, -0.25) is 15.0 Å². The Morgan fingerprint density at radius 3 is 2.75 bits per heavy atom. The lowest BCUT2D eigenvalue weighted by Gasteiger charge is -2.38. The summed E-state index contributed by atoms with van der Waals surface area (Å²) in [5, 5.41) is 19.3. The molecule has 0 radical (unpaired) electrons. The van der Waals surface area contributed by atoms with Crippen LogP contribution in [0.3, 0.4) is 0 Å². The summed E-state index contributed by atoms with van der Waals surface area (Å²) in [5.74, 6) is 0. The number of benzene rings is 1. The molecular formula is C14H20N4O5S. The zero-order valence-electron chi connectivity index (χ0n) is 13.1. The number of hydrogen-bond donors (Lipinski definition) is 2. The quantitative estimate of drug-likeness (QED) is 0.571. The molecule has 1 unspecified atom stereocenters. The van der Waals surface area contributed by atoms with Crippen LogP contribution >= 0.6 is 0 Å². The minimum atomic E-state index is -4.14. The van der Waals surface area contributed by atoms with Gasteiger partial charge in [0.15, 0.2) is 4.90 Å². The molecule has 2 heterocycles. The van der Waals surface area contributed by atoms with Gasteiger partial charge in [0, 0.05) is 37.3 Å². The topological polar surface area (TPSA) is 128 Å². The van der Waals surface area contributed by atoms with E-state index in [0.29, 0.717) is 18.3 Å². The fourth-order valence-corrected chi connectivity index (χ4v) is 3.87. The molecule has 2 saturated heterocycles. The molecular weight excluding hydrogens is 336 g/mol. The lowest BCUT2D eigenvalue weighted by atomic mass is 10.2. The predicted molar refractivity (Wildman–Crippen MR) is 87.0 cm³/mol. The number of nitro groups is 1. The van der Waals surface area contributed by atoms with E-state index in [1.54, 1.807) is 0 Å². The Morgan fingerprint density at radius 1 is 1.42 bits per heavy atom. The van der Waals surface area contributed by atoms with E-state index in [2.05, 4.69) is 10.2 Å². The number of nitro benzene ring substituents is 1. The summed E-state index contributed by atoms with van der Waals surface area (Å²) in [6, 6.07) is 4.16. The van der Waals surface area contributed by atoms with Gasteiger partial charge in [-0.2, -0.15) is 0 Å². The molecule has 2 fully saturated rings. The highest BCUT2D eigenvalue weighted by atomic mass is 32.2. The third kappa shape index (κ3) is 3.51. The molecule has 1 aromatic rings. The van der Waals surface area contributed by atoms with Crippen molar-refractivity contribution in [1.82, 2.24) is 4.90 Å². The molecule has 3 N–H and O–H groups in total. The summed E-state index contributed by atoms with van der Waals surface area (Å²) in [7, 11) is -4.14. The average molecular weight is 356 g/mol. The van der Waals surface area contributed by atoms with Gasteiger partial charge < -0.3 is 10.1 Å². The van der Waals surface area contributed by atoms with Crippen molar-refractivity contribution < 1.29 is 18.1 Å². The van der Waals surface area contributed by atoms with Gasteiger partial charge in [-0.1, -0.05) is 0 Å². The number of primary sulfonamides is 1. The van der Waals surface area contributed by atoms with Crippen molar-refractivity contribution >= 4 is 21.4 Å². The number of nitrogens with one attached hydrogen (secondary N) is 1. The van der Waals surface area contributed by atoms with E-state index in [9.17, 15) is 18.5 Å². The number of hydrogen-bond acceptors (Lipinski definition) is 7. The summed E-state index contributed by atoms with van der Waals surface area (Å²) in [5.41, 5.74) is -0.0245. The summed E-state index contributed by atoms with van der Waals surface area (Å²) in [4.78, 5) is 12.2. The van der Waals surface area contributed by atoms with Crippen molar-refractivity contribution in [3.8, 4) is 0 Å². The van der Waals surface area contributed by atoms with Crippen molar-refractivity contribution in [2.24, 2.45) is 5.14 Å². The summed E-state index contributed by atoms with van der Waals surface area (Å²) in [6.45, 7) is 2.40. The van der Waals surface area contributed by atoms with Gasteiger partial charge in [0.1, 0.15) is 6.23 Å². The molecule has 0 saturated carbocycles. The summed E-state index contributed by atoms with van der Waals surface area (Å²) < 4.78 is 28.4. The minimum Gasteiger partial charge on any atom is -0.383 e. The van der Waals surface area contributed by atoms with Crippen molar-refractivity contribution in [2.45, 2.75) is 36.4 Å². The first kappa shape index (κ1) is 17.1. The average Bonchev–Trinajstić information content (AvgIpc) is 2.90. The lowest BCUT2D eigenvalue weighted by molar-refractivity contribution is -0.387. The minimum absolute atomic E-state index is 0.179. The van der Waals surface area contributed by atoms with Crippen LogP contribution in [0.1, 0.15) is 19.3 Å². The van der Waals surface area contributed by atoms with E-state index in [1.807, 2.05) is 0 Å². The first-order valence-electron chi connectivity index (χ1n) is 7.79. The van der Waals surface area contributed by atoms with Gasteiger partial charge in [0.2, 0.25) is 10.0 Å². The number of nitrogens with zero attached hydrogens (tertiary/aromatic N) is 2. The van der Waals surface area contributed by atoms with Crippen LogP contribution in [0.15, 0.2) is 23.1 Å². The van der Waals surface area contributed by atoms with Crippen molar-refractivity contribution in [1.29, 1.82) is 0 Å². The van der Waals surface area contributed by atoms with Crippen LogP contribution < -0.4 is 10.5 Å². The Hall–Kier alpha value is -1.75. The predicted octanol–water partition coefficient (Wildman–Crippen LogP) is 0.865. The van der Waals surface area contributed by atoms with Crippen LogP contribution in [0.2, 0.25) is 0 Å². The number of rotatable bonds is 6. The lowest BCUT2D eigenvalue weighted by Crippen LogP contribution is -2.48. The van der Waals surface area contributed by atoms with Crippen molar-refractivity contribution in [3.63, 3.8) is 0 Å². The molecule has 0 aliphatic carbocycles. The Morgan fingerprint density at radius 2 is 2.17 bits per heavy atom. The number of anilines is 1. The second-order valence-corrected chi connectivity index (χ2v) is 7.54. The first-order valence-corrected chi connectivity index (χ1v) is 9.33. The van der Waals surface area contributed by atoms with Gasteiger partial charge in [0.05, 0.1) is 11.5 Å². The van der Waals surface area contributed by atoms with E-state index in [1.165, 1.54) is 12.1 Å². The molecule has 0 aromatic heterocycles. The molecule has 9 nitrogen and oxygen atoms in total. The van der Waals surface area contributed by atoms with Crippen LogP contribution in [0.5, 0.6) is 0 Å². The third-order valence-corrected chi connectivity index (χ3v) is 5.43. The molecule has 3 rings (SSSR count). The SMILES string of the molecule is NS(=O)(=O)c1ccc(NC[C@@H]2CCCN2C2CCO2)cc1[N+](=O)[O-]. The Kier molecular flexibility index (Phi) is 4.72. The Labute approximate surface area is 140 Å². The Bertz CT molecular complexity index is 735. The van der Waals surface area contributed by atoms with Crippen LogP contribution in [-0.2, 0) is 14.8 Å². The monoisotopic (exact) mass is 356 g/mol. The molecule has 24 heavy (non-hydrogen) atoms. The van der Waals surface area contributed by atoms with Gasteiger partial charge in [0.25, 0.3) is 5.69 Å². The smallest absolute Gasteiger partial charge is 0.291 e. The molecule has 2 aliphatic heterocycles. The van der Waals surface area contributed by atoms with E-state index >= 15 is 0 Å². The summed E-state index contributed by atoms with van der Waals surface area (Å²) >= 11 is 0. The molecule has 2 atom stereocenters. The maximum atomic E-state index is 11.4. The number of ether oxygens (including phenoxy) is 1. The molecule has 1 aromatic carbocycles. The molecule has 10 heteroatoms. The molecule has 2 aliphatic rings. The number of nitrogens with two attached hydrogens (primary N) is 1. The second-order valence-electron chi connectivity index (χ2n) is 6.01. The largest absolute Gasteiger partial charge is 0.383 e. The van der Waals surface area contributed by atoms with Crippen molar-refractivity contribution in [3.05, 3.63) is 28.3 Å². The fourth-order valence-electron chi connectivity index (χ4n) is 3.19. The standard InChI is InChI=1S/C14H20N4O5S/c15-24(21,22)13-4-3-10(8-12(13)18(19)20)16-9-11-2-1-6-17(11)14-5-7-23-14/h3-4,8,11,14,16H,1-2,5-7,9H2,(H2,15,21,22)/t11-,14?/m0/s1. The fraction of sp³-hybridized carbons (Fsp3) is 0.571. The molecule has 0 bridgehead atoms. The maximum Gasteiger partial charge on any atom is 0.291 e. The van der Waals surface area contributed by atoms with Gasteiger partial charge in [-0.25, -0.2) is 13.6 Å². The third-order valence-electron chi connectivity index (χ3n) is 4.47. The number of likely N-dealkylation sites (tertiary alicyclic amines) is 1. The van der Waals surface area contributed by atoms with Crippen LogP contribution in [0.4, 0.5) is 11.4 Å². The second kappa shape index (κ2) is 6.63. The van der Waals surface area contributed by atoms with Crippen LogP contribution in [-0.4, -0.2) is 50.2 Å². The molecule has 0 amide bonds. The van der Waals surface area contributed by atoms with Gasteiger partial charge >= 0.3 is 0 Å². The number of sulfonamides is 1. The van der Waals surface area contributed by atoms with Crippen LogP contribution in [0.25, 0.3) is 0 Å². The van der Waals surface area contributed by atoms with Crippen LogP contribution in [0, 0.1) is 10.1 Å². The van der Waals surface area contributed by atoms with Gasteiger partial charge in [-0.05, 0) is 25.0 Å². The zero-order valence-corrected chi connectivity index (χ0v) is 13.9. The van der Waals surface area contributed by atoms with E-state index in [0.717, 1.165) is 38.5 Å². The van der Waals surface area contributed by atoms with E-state index in [-0.39, 0.29) is 6.23 Å². The van der Waals surface area contributed by atoms with E-state index < -0.39 is 25.5 Å². The molecule has 132 valence electrons. The van der Waals surface area contributed by atoms with Crippen molar-refractivity contribution in [2.75, 3.05) is 25.0 Å². The maximum absolute atomic E-state index is 11.4. The van der Waals surface area contributed by atoms with Gasteiger partial charge in [-0.15, -0.1) is 0 Å². The molecule has 0 spiro atoms. The highest BCUT2D eigenvalue weighted by Gasteiger charge is 2.34.